The SMILES string of the molecule is C=C/C(=C/C)c1ccccn1. The second kappa shape index (κ2) is 3.71. The molecule has 0 aromatic carbocycles. The highest BCUT2D eigenvalue weighted by molar-refractivity contribution is 5.70. The molecule has 0 radical (unpaired) electrons. The Balaban J connectivity index is 3.01. The van der Waals surface area contributed by atoms with Crippen LogP contribution in [0.5, 0.6) is 0 Å². The Hall–Kier alpha value is -1.37. The Kier molecular flexibility index (Phi) is 2.61. The van der Waals surface area contributed by atoms with Crippen molar-refractivity contribution in [1.29, 1.82) is 0 Å². The molecule has 0 amide bonds. The van der Waals surface area contributed by atoms with Gasteiger partial charge in [-0.05, 0) is 24.6 Å². The highest BCUT2D eigenvalue weighted by atomic mass is 14.7. The van der Waals surface area contributed by atoms with Crippen LogP contribution in [0.4, 0.5) is 0 Å². The fourth-order valence-electron chi connectivity index (χ4n) is 0.904. The van der Waals surface area contributed by atoms with Gasteiger partial charge in [0.05, 0.1) is 5.69 Å². The van der Waals surface area contributed by atoms with Crippen LogP contribution in [0, 0.1) is 0 Å². The van der Waals surface area contributed by atoms with E-state index in [2.05, 4.69) is 11.6 Å². The van der Waals surface area contributed by atoms with Crippen molar-refractivity contribution < 1.29 is 0 Å². The summed E-state index contributed by atoms with van der Waals surface area (Å²) in [5, 5.41) is 0. The molecule has 0 aliphatic heterocycles. The van der Waals surface area contributed by atoms with Crippen LogP contribution in [0.15, 0.2) is 43.1 Å². The molecule has 1 rings (SSSR count). The van der Waals surface area contributed by atoms with Gasteiger partial charge in [0.25, 0.3) is 0 Å². The molecule has 0 bridgehead atoms. The van der Waals surface area contributed by atoms with Gasteiger partial charge in [-0.2, -0.15) is 0 Å². The smallest absolute Gasteiger partial charge is 0.0698 e. The highest BCUT2D eigenvalue weighted by Gasteiger charge is 1.93. The molecule has 0 saturated heterocycles. The predicted molar refractivity (Wildman–Crippen MR) is 48.1 cm³/mol. The van der Waals surface area contributed by atoms with E-state index in [0.717, 1.165) is 11.3 Å². The van der Waals surface area contributed by atoms with Crippen molar-refractivity contribution in [3.8, 4) is 0 Å². The van der Waals surface area contributed by atoms with E-state index in [-0.39, 0.29) is 0 Å². The summed E-state index contributed by atoms with van der Waals surface area (Å²) in [4.78, 5) is 4.18. The summed E-state index contributed by atoms with van der Waals surface area (Å²) in [7, 11) is 0. The van der Waals surface area contributed by atoms with Gasteiger partial charge >= 0.3 is 0 Å². The van der Waals surface area contributed by atoms with Crippen LogP contribution in [-0.4, -0.2) is 4.98 Å². The fraction of sp³-hybridized carbons (Fsp3) is 0.100. The van der Waals surface area contributed by atoms with Crippen LogP contribution in [0.2, 0.25) is 0 Å². The molecule has 0 aliphatic rings. The van der Waals surface area contributed by atoms with Gasteiger partial charge in [0.15, 0.2) is 0 Å². The van der Waals surface area contributed by atoms with Crippen molar-refractivity contribution in [2.45, 2.75) is 6.92 Å². The largest absolute Gasteiger partial charge is 0.256 e. The summed E-state index contributed by atoms with van der Waals surface area (Å²) in [6.45, 7) is 5.68. The first-order valence-electron chi connectivity index (χ1n) is 3.58. The number of aromatic nitrogens is 1. The predicted octanol–water partition coefficient (Wildman–Crippen LogP) is 2.67. The zero-order valence-electron chi connectivity index (χ0n) is 6.62. The molecule has 1 heterocycles. The topological polar surface area (TPSA) is 12.9 Å². The third-order valence-electron chi connectivity index (χ3n) is 1.49. The molecule has 0 fully saturated rings. The summed E-state index contributed by atoms with van der Waals surface area (Å²) in [6, 6.07) is 5.84. The summed E-state index contributed by atoms with van der Waals surface area (Å²) in [6.07, 6.45) is 5.58. The molecule has 1 nitrogen and oxygen atoms in total. The second-order valence-electron chi connectivity index (χ2n) is 2.16. The van der Waals surface area contributed by atoms with Crippen molar-refractivity contribution in [3.63, 3.8) is 0 Å². The Bertz CT molecular complexity index is 259. The third kappa shape index (κ3) is 1.77. The summed E-state index contributed by atoms with van der Waals surface area (Å²) < 4.78 is 0. The maximum absolute atomic E-state index is 4.18. The summed E-state index contributed by atoms with van der Waals surface area (Å²) in [5.41, 5.74) is 2.05. The lowest BCUT2D eigenvalue weighted by atomic mass is 10.1. The van der Waals surface area contributed by atoms with Crippen molar-refractivity contribution in [2.24, 2.45) is 0 Å². The Morgan fingerprint density at radius 1 is 1.55 bits per heavy atom. The molecule has 0 atom stereocenters. The third-order valence-corrected chi connectivity index (χ3v) is 1.49. The van der Waals surface area contributed by atoms with Gasteiger partial charge in [-0.1, -0.05) is 24.8 Å². The summed E-state index contributed by atoms with van der Waals surface area (Å²) >= 11 is 0. The van der Waals surface area contributed by atoms with Crippen LogP contribution >= 0.6 is 0 Å². The molecule has 56 valence electrons. The maximum Gasteiger partial charge on any atom is 0.0698 e. The quantitative estimate of drug-likeness (QED) is 0.583. The summed E-state index contributed by atoms with van der Waals surface area (Å²) in [5.74, 6) is 0. The molecule has 1 aromatic rings. The van der Waals surface area contributed by atoms with E-state index in [1.165, 1.54) is 0 Å². The molecule has 0 aliphatic carbocycles. The average molecular weight is 145 g/mol. The van der Waals surface area contributed by atoms with Crippen LogP contribution in [0.25, 0.3) is 5.57 Å². The zero-order chi connectivity index (χ0) is 8.10. The minimum absolute atomic E-state index is 0.977. The Morgan fingerprint density at radius 3 is 2.82 bits per heavy atom. The van der Waals surface area contributed by atoms with E-state index < -0.39 is 0 Å². The number of rotatable bonds is 2. The minimum Gasteiger partial charge on any atom is -0.256 e. The molecule has 1 aromatic heterocycles. The first kappa shape index (κ1) is 7.73. The first-order valence-corrected chi connectivity index (χ1v) is 3.58. The molecule has 1 heteroatoms. The Morgan fingerprint density at radius 2 is 2.36 bits per heavy atom. The molecule has 0 saturated carbocycles. The van der Waals surface area contributed by atoms with Gasteiger partial charge in [-0.3, -0.25) is 4.98 Å². The van der Waals surface area contributed by atoms with Crippen molar-refractivity contribution >= 4 is 5.57 Å². The van der Waals surface area contributed by atoms with Gasteiger partial charge in [-0.15, -0.1) is 0 Å². The zero-order valence-corrected chi connectivity index (χ0v) is 6.62. The van der Waals surface area contributed by atoms with Crippen LogP contribution in [-0.2, 0) is 0 Å². The minimum atomic E-state index is 0.977. The van der Waals surface area contributed by atoms with E-state index in [9.17, 15) is 0 Å². The van der Waals surface area contributed by atoms with Crippen molar-refractivity contribution in [3.05, 3.63) is 48.8 Å². The molecule has 0 unspecified atom stereocenters. The molecule has 0 N–H and O–H groups in total. The van der Waals surface area contributed by atoms with Gasteiger partial charge in [0.1, 0.15) is 0 Å². The molecular formula is C10H11N. The van der Waals surface area contributed by atoms with Crippen LogP contribution in [0.1, 0.15) is 12.6 Å². The van der Waals surface area contributed by atoms with Crippen LogP contribution in [0.3, 0.4) is 0 Å². The Labute approximate surface area is 67.1 Å². The van der Waals surface area contributed by atoms with E-state index in [1.54, 1.807) is 6.20 Å². The lowest BCUT2D eigenvalue weighted by molar-refractivity contribution is 1.28. The number of hydrogen-bond donors (Lipinski definition) is 0. The van der Waals surface area contributed by atoms with Crippen molar-refractivity contribution in [1.82, 2.24) is 4.98 Å². The maximum atomic E-state index is 4.18. The lowest BCUT2D eigenvalue weighted by Crippen LogP contribution is -1.83. The lowest BCUT2D eigenvalue weighted by Gasteiger charge is -1.97. The van der Waals surface area contributed by atoms with E-state index in [4.69, 9.17) is 0 Å². The van der Waals surface area contributed by atoms with E-state index in [0.29, 0.717) is 0 Å². The normalized spacial score (nSPS) is 11.2. The monoisotopic (exact) mass is 145 g/mol. The highest BCUT2D eigenvalue weighted by Crippen LogP contribution is 2.10. The van der Waals surface area contributed by atoms with Crippen molar-refractivity contribution in [2.75, 3.05) is 0 Å². The second-order valence-corrected chi connectivity index (χ2v) is 2.16. The number of pyridine rings is 1. The number of allylic oxidation sites excluding steroid dienone is 3. The van der Waals surface area contributed by atoms with Gasteiger partial charge < -0.3 is 0 Å². The standard InChI is InChI=1S/C10H11N/c1-3-9(4-2)10-7-5-6-8-11-10/h3-8H,1H2,2H3/b9-4-. The number of nitrogens with zero attached hydrogens (tertiary/aromatic N) is 1. The van der Waals surface area contributed by atoms with Gasteiger partial charge in [-0.25, -0.2) is 0 Å². The number of hydrogen-bond acceptors (Lipinski definition) is 1. The molecule has 0 spiro atoms. The fourth-order valence-corrected chi connectivity index (χ4v) is 0.904. The average Bonchev–Trinajstić information content (AvgIpc) is 2.09. The van der Waals surface area contributed by atoms with E-state index >= 15 is 0 Å². The van der Waals surface area contributed by atoms with Gasteiger partial charge in [0, 0.05) is 6.20 Å². The van der Waals surface area contributed by atoms with Gasteiger partial charge in [0.2, 0.25) is 0 Å². The van der Waals surface area contributed by atoms with Crippen LogP contribution < -0.4 is 0 Å². The molecule has 11 heavy (non-hydrogen) atoms. The molecular weight excluding hydrogens is 134 g/mol. The van der Waals surface area contributed by atoms with E-state index in [1.807, 2.05) is 37.3 Å². The first-order chi connectivity index (χ1) is 5.38.